The van der Waals surface area contributed by atoms with E-state index < -0.39 is 28.5 Å². The average Bonchev–Trinajstić information content (AvgIpc) is 2.90. The molecule has 0 saturated carbocycles. The Bertz CT molecular complexity index is 1390. The highest BCUT2D eigenvalue weighted by Crippen LogP contribution is 2.26. The minimum atomic E-state index is -4.13. The van der Waals surface area contributed by atoms with Gasteiger partial charge in [0.1, 0.15) is 12.6 Å². The van der Waals surface area contributed by atoms with Crippen LogP contribution in [0.3, 0.4) is 0 Å². The van der Waals surface area contributed by atoms with E-state index in [1.807, 2.05) is 52.0 Å². The van der Waals surface area contributed by atoms with Crippen molar-refractivity contribution in [1.82, 2.24) is 10.2 Å². The van der Waals surface area contributed by atoms with Gasteiger partial charge in [-0.25, -0.2) is 8.42 Å². The van der Waals surface area contributed by atoms with E-state index in [1.165, 1.54) is 29.2 Å². The summed E-state index contributed by atoms with van der Waals surface area (Å²) >= 11 is 5.99. The number of benzene rings is 3. The number of hydrogen-bond acceptors (Lipinski definition) is 4. The lowest BCUT2D eigenvalue weighted by Gasteiger charge is -2.32. The number of rotatable bonds is 11. The Balaban J connectivity index is 2.01. The second kappa shape index (κ2) is 13.1. The molecule has 0 spiro atoms. The fraction of sp³-hybridized carbons (Fsp3) is 0.333. The number of amides is 2. The summed E-state index contributed by atoms with van der Waals surface area (Å²) < 4.78 is 28.7. The fourth-order valence-electron chi connectivity index (χ4n) is 3.98. The van der Waals surface area contributed by atoms with Gasteiger partial charge in [0.25, 0.3) is 10.0 Å². The van der Waals surface area contributed by atoms with Crippen LogP contribution in [0.25, 0.3) is 0 Å². The lowest BCUT2D eigenvalue weighted by Crippen LogP contribution is -2.51. The molecule has 208 valence electrons. The van der Waals surface area contributed by atoms with E-state index in [4.69, 9.17) is 11.6 Å². The van der Waals surface area contributed by atoms with Crippen molar-refractivity contribution >= 4 is 39.1 Å². The predicted molar refractivity (Wildman–Crippen MR) is 156 cm³/mol. The molecule has 0 aliphatic heterocycles. The zero-order chi connectivity index (χ0) is 28.7. The predicted octanol–water partition coefficient (Wildman–Crippen LogP) is 5.34. The molecule has 1 atom stereocenters. The molecule has 0 radical (unpaired) electrons. The highest BCUT2D eigenvalue weighted by molar-refractivity contribution is 7.92. The molecule has 0 fully saturated rings. The van der Waals surface area contributed by atoms with Crippen LogP contribution >= 0.6 is 11.6 Å². The Morgan fingerprint density at radius 1 is 0.897 bits per heavy atom. The van der Waals surface area contributed by atoms with Crippen LogP contribution in [0.5, 0.6) is 0 Å². The van der Waals surface area contributed by atoms with Gasteiger partial charge in [-0.3, -0.25) is 13.9 Å². The van der Waals surface area contributed by atoms with Gasteiger partial charge in [0.15, 0.2) is 0 Å². The molecule has 3 rings (SSSR count). The molecule has 0 aliphatic carbocycles. The summed E-state index contributed by atoms with van der Waals surface area (Å²) in [6.07, 6.45) is 0. The molecule has 0 heterocycles. The summed E-state index contributed by atoms with van der Waals surface area (Å²) in [4.78, 5) is 28.5. The van der Waals surface area contributed by atoms with Crippen LogP contribution in [0.1, 0.15) is 37.5 Å². The first kappa shape index (κ1) is 30.2. The van der Waals surface area contributed by atoms with Crippen LogP contribution in [-0.4, -0.2) is 44.3 Å². The molecule has 2 amide bonds. The van der Waals surface area contributed by atoms with Gasteiger partial charge in [-0.2, -0.15) is 0 Å². The minimum absolute atomic E-state index is 0.00783. The summed E-state index contributed by atoms with van der Waals surface area (Å²) in [5.41, 5.74) is 3.13. The lowest BCUT2D eigenvalue weighted by atomic mass is 10.1. The van der Waals surface area contributed by atoms with Gasteiger partial charge < -0.3 is 10.2 Å². The van der Waals surface area contributed by atoms with E-state index in [0.29, 0.717) is 17.3 Å². The van der Waals surface area contributed by atoms with Crippen LogP contribution in [0.4, 0.5) is 5.69 Å². The van der Waals surface area contributed by atoms with Crippen molar-refractivity contribution in [2.24, 2.45) is 5.92 Å². The summed E-state index contributed by atoms with van der Waals surface area (Å²) in [6.45, 7) is 9.61. The molecule has 39 heavy (non-hydrogen) atoms. The maximum Gasteiger partial charge on any atom is 0.264 e. The van der Waals surface area contributed by atoms with Gasteiger partial charge in [-0.1, -0.05) is 67.4 Å². The minimum Gasteiger partial charge on any atom is -0.354 e. The number of nitrogens with zero attached hydrogens (tertiary/aromatic N) is 2. The summed E-state index contributed by atoms with van der Waals surface area (Å²) in [7, 11) is -4.13. The highest BCUT2D eigenvalue weighted by Gasteiger charge is 2.32. The number of carbonyl (C=O) groups excluding carboxylic acids is 2. The number of hydrogen-bond donors (Lipinski definition) is 1. The first-order chi connectivity index (χ1) is 18.4. The van der Waals surface area contributed by atoms with Gasteiger partial charge in [-0.05, 0) is 74.2 Å². The van der Waals surface area contributed by atoms with Gasteiger partial charge in [-0.15, -0.1) is 0 Å². The van der Waals surface area contributed by atoms with Crippen molar-refractivity contribution in [2.75, 3.05) is 17.4 Å². The second-order valence-electron chi connectivity index (χ2n) is 10.1. The molecule has 9 heteroatoms. The van der Waals surface area contributed by atoms with E-state index in [-0.39, 0.29) is 23.3 Å². The van der Waals surface area contributed by atoms with E-state index in [1.54, 1.807) is 31.2 Å². The van der Waals surface area contributed by atoms with Crippen molar-refractivity contribution in [3.63, 3.8) is 0 Å². The van der Waals surface area contributed by atoms with Gasteiger partial charge in [0, 0.05) is 18.1 Å². The van der Waals surface area contributed by atoms with Crippen molar-refractivity contribution in [3.8, 4) is 0 Å². The summed E-state index contributed by atoms with van der Waals surface area (Å²) in [6, 6.07) is 19.5. The highest BCUT2D eigenvalue weighted by atomic mass is 35.5. The molecular formula is C30H36ClN3O4S. The van der Waals surface area contributed by atoms with Crippen LogP contribution in [-0.2, 0) is 26.2 Å². The Kier molecular flexibility index (Phi) is 10.2. The number of carbonyl (C=O) groups is 2. The smallest absolute Gasteiger partial charge is 0.264 e. The molecule has 3 aromatic carbocycles. The maximum atomic E-state index is 13.9. The molecular weight excluding hydrogens is 534 g/mol. The molecule has 7 nitrogen and oxygen atoms in total. The van der Waals surface area contributed by atoms with E-state index in [0.717, 1.165) is 21.0 Å². The van der Waals surface area contributed by atoms with Crippen molar-refractivity contribution < 1.29 is 18.0 Å². The third-order valence-corrected chi connectivity index (χ3v) is 8.50. The molecule has 0 saturated heterocycles. The second-order valence-corrected chi connectivity index (χ2v) is 12.4. The SMILES string of the molecule is Cc1ccc(N(CC(=O)N(Cc2ccccc2C)[C@H](C)C(=O)NCC(C)C)S(=O)(=O)c2ccc(Cl)cc2)cc1. The monoisotopic (exact) mass is 569 g/mol. The van der Waals surface area contributed by atoms with Crippen LogP contribution < -0.4 is 9.62 Å². The first-order valence-corrected chi connectivity index (χ1v) is 14.7. The Hall–Kier alpha value is -3.36. The first-order valence-electron chi connectivity index (χ1n) is 12.9. The molecule has 0 aromatic heterocycles. The van der Waals surface area contributed by atoms with E-state index in [2.05, 4.69) is 5.32 Å². The van der Waals surface area contributed by atoms with Crippen molar-refractivity contribution in [2.45, 2.75) is 52.1 Å². The third kappa shape index (κ3) is 7.83. The number of sulfonamides is 1. The normalized spacial score (nSPS) is 12.2. The van der Waals surface area contributed by atoms with Crippen LogP contribution in [0.2, 0.25) is 5.02 Å². The van der Waals surface area contributed by atoms with Crippen LogP contribution in [0, 0.1) is 19.8 Å². The fourth-order valence-corrected chi connectivity index (χ4v) is 5.52. The van der Waals surface area contributed by atoms with Gasteiger partial charge in [0.2, 0.25) is 11.8 Å². The number of halogens is 1. The van der Waals surface area contributed by atoms with E-state index in [9.17, 15) is 18.0 Å². The van der Waals surface area contributed by atoms with Crippen molar-refractivity contribution in [1.29, 1.82) is 0 Å². The molecule has 1 N–H and O–H groups in total. The molecule has 0 aliphatic rings. The molecule has 0 unspecified atom stereocenters. The lowest BCUT2D eigenvalue weighted by molar-refractivity contribution is -0.139. The largest absolute Gasteiger partial charge is 0.354 e. The van der Waals surface area contributed by atoms with Crippen LogP contribution in [0.15, 0.2) is 77.7 Å². The zero-order valence-corrected chi connectivity index (χ0v) is 24.6. The van der Waals surface area contributed by atoms with Crippen molar-refractivity contribution in [3.05, 3.63) is 94.5 Å². The Labute approximate surface area is 236 Å². The third-order valence-electron chi connectivity index (χ3n) is 6.46. The maximum absolute atomic E-state index is 13.9. The molecule has 0 bridgehead atoms. The zero-order valence-electron chi connectivity index (χ0n) is 23.0. The van der Waals surface area contributed by atoms with Gasteiger partial charge in [0.05, 0.1) is 10.6 Å². The van der Waals surface area contributed by atoms with Gasteiger partial charge >= 0.3 is 0 Å². The number of anilines is 1. The van der Waals surface area contributed by atoms with E-state index >= 15 is 0 Å². The quantitative estimate of drug-likeness (QED) is 0.338. The number of aryl methyl sites for hydroxylation is 2. The summed E-state index contributed by atoms with van der Waals surface area (Å²) in [5.74, 6) is -0.556. The average molecular weight is 570 g/mol. The Morgan fingerprint density at radius 3 is 2.10 bits per heavy atom. The Morgan fingerprint density at radius 2 is 1.51 bits per heavy atom. The molecule has 3 aromatic rings. The number of nitrogens with one attached hydrogen (secondary N) is 1. The standard InChI is InChI=1S/C30H36ClN3O4S/c1-21(2)18-32-30(36)24(5)33(19-25-9-7-6-8-23(25)4)29(35)20-34(27-14-10-22(3)11-15-27)39(37,38)28-16-12-26(31)13-17-28/h6-17,21,24H,18-20H2,1-5H3,(H,32,36)/t24-/m1/s1. The topological polar surface area (TPSA) is 86.8 Å². The summed E-state index contributed by atoms with van der Waals surface area (Å²) in [5, 5.41) is 3.29.